The molecular weight excluding hydrogens is 304 g/mol. The Labute approximate surface area is 144 Å². The number of nitrogens with zero attached hydrogens (tertiary/aromatic N) is 2. The molecule has 2 saturated heterocycles. The molecule has 1 spiro atoms. The molecule has 5 heteroatoms. The van der Waals surface area contributed by atoms with Gasteiger partial charge in [-0.1, -0.05) is 30.3 Å². The molecule has 24 heavy (non-hydrogen) atoms. The van der Waals surface area contributed by atoms with Crippen molar-refractivity contribution < 1.29 is 14.6 Å². The minimum Gasteiger partial charge on any atom is -0.396 e. The van der Waals surface area contributed by atoms with Crippen molar-refractivity contribution in [2.45, 2.75) is 37.4 Å². The lowest BCUT2D eigenvalue weighted by atomic mass is 9.88. The number of likely N-dealkylation sites (tertiary alicyclic amines) is 1. The highest BCUT2D eigenvalue weighted by Crippen LogP contribution is 2.33. The third-order valence-electron chi connectivity index (χ3n) is 5.29. The predicted molar refractivity (Wildman–Crippen MR) is 92.8 cm³/mol. The number of hydrogen-bond acceptors (Lipinski definition) is 4. The Bertz CT molecular complexity index is 541. The second-order valence-corrected chi connectivity index (χ2v) is 7.07. The molecule has 2 fully saturated rings. The Morgan fingerprint density at radius 2 is 1.96 bits per heavy atom. The summed E-state index contributed by atoms with van der Waals surface area (Å²) in [6, 6.07) is 10.6. The Morgan fingerprint density at radius 1 is 1.25 bits per heavy atom. The summed E-state index contributed by atoms with van der Waals surface area (Å²) in [6.45, 7) is 3.72. The molecule has 0 aliphatic carbocycles. The van der Waals surface area contributed by atoms with Crippen molar-refractivity contribution >= 4 is 5.91 Å². The maximum absolute atomic E-state index is 12.1. The third kappa shape index (κ3) is 3.97. The molecule has 1 atom stereocenters. The van der Waals surface area contributed by atoms with E-state index in [1.165, 1.54) is 5.56 Å². The lowest BCUT2D eigenvalue weighted by Crippen LogP contribution is -2.61. The molecule has 0 saturated carbocycles. The van der Waals surface area contributed by atoms with Crippen LogP contribution in [0.3, 0.4) is 0 Å². The van der Waals surface area contributed by atoms with E-state index in [4.69, 9.17) is 4.74 Å². The van der Waals surface area contributed by atoms with Crippen LogP contribution in [0.1, 0.15) is 24.8 Å². The van der Waals surface area contributed by atoms with Gasteiger partial charge in [0.15, 0.2) is 0 Å². The molecule has 2 aliphatic rings. The summed E-state index contributed by atoms with van der Waals surface area (Å²) in [4.78, 5) is 16.4. The van der Waals surface area contributed by atoms with Gasteiger partial charge in [0.2, 0.25) is 0 Å². The Hall–Kier alpha value is -1.43. The number of aliphatic hydroxyl groups is 1. The van der Waals surface area contributed by atoms with Gasteiger partial charge in [0.05, 0.1) is 5.60 Å². The minimum absolute atomic E-state index is 0.00109. The van der Waals surface area contributed by atoms with Gasteiger partial charge in [0.1, 0.15) is 6.10 Å². The highest BCUT2D eigenvalue weighted by Gasteiger charge is 2.45. The monoisotopic (exact) mass is 332 g/mol. The molecule has 1 amide bonds. The van der Waals surface area contributed by atoms with Crippen LogP contribution in [0, 0.1) is 0 Å². The maximum Gasteiger partial charge on any atom is 0.251 e. The second-order valence-electron chi connectivity index (χ2n) is 7.07. The van der Waals surface area contributed by atoms with Gasteiger partial charge in [0.25, 0.3) is 5.91 Å². The fraction of sp³-hybridized carbons (Fsp3) is 0.632. The van der Waals surface area contributed by atoms with E-state index in [1.807, 2.05) is 7.05 Å². The van der Waals surface area contributed by atoms with E-state index in [2.05, 4.69) is 35.2 Å². The van der Waals surface area contributed by atoms with Crippen LogP contribution in [-0.2, 0) is 16.0 Å². The molecular formula is C19H28N2O3. The zero-order chi connectivity index (χ0) is 17.0. The van der Waals surface area contributed by atoms with Gasteiger partial charge in [-0.05, 0) is 24.8 Å². The van der Waals surface area contributed by atoms with Crippen LogP contribution in [0.2, 0.25) is 0 Å². The topological polar surface area (TPSA) is 53.0 Å². The van der Waals surface area contributed by atoms with Crippen LogP contribution < -0.4 is 0 Å². The molecule has 0 radical (unpaired) electrons. The number of aliphatic hydroxyl groups excluding tert-OH is 1. The van der Waals surface area contributed by atoms with Crippen molar-refractivity contribution in [3.05, 3.63) is 35.9 Å². The fourth-order valence-corrected chi connectivity index (χ4v) is 3.84. The number of rotatable bonds is 5. The quantitative estimate of drug-likeness (QED) is 0.883. The standard InChI is InChI=1S/C19H28N2O3/c1-20-15-19(24-17(8-14-22)18(20)23)9-12-21(13-10-19)11-7-16-5-3-2-4-6-16/h2-6,17,22H,7-15H2,1H3/t17-/m1/s1. The van der Waals surface area contributed by atoms with Gasteiger partial charge in [0, 0.05) is 46.3 Å². The molecule has 0 bridgehead atoms. The first-order valence-electron chi connectivity index (χ1n) is 8.92. The summed E-state index contributed by atoms with van der Waals surface area (Å²) >= 11 is 0. The van der Waals surface area contributed by atoms with Crippen LogP contribution in [-0.4, -0.2) is 72.4 Å². The Balaban J connectivity index is 1.53. The first-order valence-corrected chi connectivity index (χ1v) is 8.92. The van der Waals surface area contributed by atoms with Crippen molar-refractivity contribution in [1.29, 1.82) is 0 Å². The molecule has 132 valence electrons. The van der Waals surface area contributed by atoms with E-state index in [-0.39, 0.29) is 18.1 Å². The first kappa shape index (κ1) is 17.4. The SMILES string of the molecule is CN1CC2(CCN(CCc3ccccc3)CC2)O[C@H](CCO)C1=O. The van der Waals surface area contributed by atoms with Crippen molar-refractivity contribution in [2.24, 2.45) is 0 Å². The number of amides is 1. The van der Waals surface area contributed by atoms with Crippen LogP contribution in [0.15, 0.2) is 30.3 Å². The van der Waals surface area contributed by atoms with Crippen LogP contribution in [0.25, 0.3) is 0 Å². The van der Waals surface area contributed by atoms with E-state index in [1.54, 1.807) is 4.90 Å². The molecule has 0 unspecified atom stereocenters. The minimum atomic E-state index is -0.482. The first-order chi connectivity index (χ1) is 11.6. The van der Waals surface area contributed by atoms with E-state index in [0.29, 0.717) is 13.0 Å². The number of carbonyl (C=O) groups is 1. The molecule has 0 aromatic heterocycles. The summed E-state index contributed by atoms with van der Waals surface area (Å²) < 4.78 is 6.17. The molecule has 1 aromatic carbocycles. The van der Waals surface area contributed by atoms with E-state index in [0.717, 1.165) is 38.9 Å². The third-order valence-corrected chi connectivity index (χ3v) is 5.29. The highest BCUT2D eigenvalue weighted by atomic mass is 16.5. The number of likely N-dealkylation sites (N-methyl/N-ethyl adjacent to an activating group) is 1. The average Bonchev–Trinajstić information content (AvgIpc) is 2.60. The van der Waals surface area contributed by atoms with Crippen molar-refractivity contribution in [1.82, 2.24) is 9.80 Å². The van der Waals surface area contributed by atoms with Crippen molar-refractivity contribution in [3.8, 4) is 0 Å². The van der Waals surface area contributed by atoms with Crippen LogP contribution >= 0.6 is 0 Å². The van der Waals surface area contributed by atoms with Gasteiger partial charge in [-0.25, -0.2) is 0 Å². The Morgan fingerprint density at radius 3 is 2.62 bits per heavy atom. The zero-order valence-corrected chi connectivity index (χ0v) is 14.5. The zero-order valence-electron chi connectivity index (χ0n) is 14.5. The smallest absolute Gasteiger partial charge is 0.251 e. The maximum atomic E-state index is 12.1. The molecule has 1 N–H and O–H groups in total. The van der Waals surface area contributed by atoms with Crippen LogP contribution in [0.4, 0.5) is 0 Å². The normalized spacial score (nSPS) is 24.5. The number of morpholine rings is 1. The summed E-state index contributed by atoms with van der Waals surface area (Å²) in [5, 5.41) is 9.17. The summed E-state index contributed by atoms with van der Waals surface area (Å²) in [6.07, 6.45) is 2.87. The molecule has 2 aliphatic heterocycles. The predicted octanol–water partition coefficient (Wildman–Crippen LogP) is 1.30. The summed E-state index contributed by atoms with van der Waals surface area (Å²) in [5.41, 5.74) is 1.14. The largest absolute Gasteiger partial charge is 0.396 e. The second kappa shape index (κ2) is 7.64. The lowest BCUT2D eigenvalue weighted by molar-refractivity contribution is -0.192. The van der Waals surface area contributed by atoms with Crippen molar-refractivity contribution in [2.75, 3.05) is 39.8 Å². The molecule has 5 nitrogen and oxygen atoms in total. The van der Waals surface area contributed by atoms with E-state index >= 15 is 0 Å². The summed E-state index contributed by atoms with van der Waals surface area (Å²) in [7, 11) is 1.85. The van der Waals surface area contributed by atoms with Gasteiger partial charge >= 0.3 is 0 Å². The van der Waals surface area contributed by atoms with Gasteiger partial charge in [-0.15, -0.1) is 0 Å². The average molecular weight is 332 g/mol. The van der Waals surface area contributed by atoms with Crippen LogP contribution in [0.5, 0.6) is 0 Å². The molecule has 1 aromatic rings. The van der Waals surface area contributed by atoms with Crippen molar-refractivity contribution in [3.63, 3.8) is 0 Å². The molecule has 3 rings (SSSR count). The van der Waals surface area contributed by atoms with Gasteiger partial charge in [-0.2, -0.15) is 0 Å². The Kier molecular flexibility index (Phi) is 5.54. The number of hydrogen-bond donors (Lipinski definition) is 1. The highest BCUT2D eigenvalue weighted by molar-refractivity contribution is 5.81. The van der Waals surface area contributed by atoms with E-state index < -0.39 is 6.10 Å². The van der Waals surface area contributed by atoms with Gasteiger partial charge in [-0.3, -0.25) is 4.79 Å². The number of carbonyl (C=O) groups excluding carboxylic acids is 1. The van der Waals surface area contributed by atoms with E-state index in [9.17, 15) is 9.90 Å². The summed E-state index contributed by atoms with van der Waals surface area (Å²) in [5.74, 6) is 0.00109. The number of ether oxygens (including phenoxy) is 1. The lowest BCUT2D eigenvalue weighted by Gasteiger charge is -2.48. The van der Waals surface area contributed by atoms with Gasteiger partial charge < -0.3 is 19.6 Å². The molecule has 2 heterocycles. The number of piperidine rings is 1. The fourth-order valence-electron chi connectivity index (χ4n) is 3.84. The number of benzene rings is 1.